The molecule has 1 aliphatic rings. The highest BCUT2D eigenvalue weighted by Gasteiger charge is 2.23. The second-order valence-electron chi connectivity index (χ2n) is 9.78. The number of oxazole rings is 1. The highest BCUT2D eigenvalue weighted by Crippen LogP contribution is 2.33. The van der Waals surface area contributed by atoms with Gasteiger partial charge in [0.25, 0.3) is 11.6 Å². The standard InChI is InChI=1S/C29H29N5O6S/c1-17(2)18-4-9-26-23(14-18)30-28(40-26)19-5-8-25(38-3)22(15-19)31-29(41)32-27(35)21-16-20(34(36)37)6-7-24(21)33-10-12-39-13-11-33/h4-9,14-17H,10-13H2,1-3H3,(H2,31,32,35,41). The number of ether oxygens (including phenoxy) is 2. The van der Waals surface area contributed by atoms with E-state index in [-0.39, 0.29) is 16.4 Å². The number of nitro groups is 1. The lowest BCUT2D eigenvalue weighted by Gasteiger charge is -2.30. The molecule has 0 aliphatic carbocycles. The molecule has 0 saturated carbocycles. The fourth-order valence-corrected chi connectivity index (χ4v) is 4.79. The second-order valence-corrected chi connectivity index (χ2v) is 10.2. The van der Waals surface area contributed by atoms with Crippen molar-refractivity contribution in [3.63, 3.8) is 0 Å². The van der Waals surface area contributed by atoms with Crippen molar-refractivity contribution in [2.45, 2.75) is 19.8 Å². The fraction of sp³-hybridized carbons (Fsp3) is 0.276. The van der Waals surface area contributed by atoms with Crippen LogP contribution in [0.4, 0.5) is 17.1 Å². The minimum absolute atomic E-state index is 0.0102. The molecule has 2 heterocycles. The highest BCUT2D eigenvalue weighted by atomic mass is 32.1. The molecule has 1 fully saturated rings. The van der Waals surface area contributed by atoms with E-state index in [1.807, 2.05) is 29.2 Å². The van der Waals surface area contributed by atoms with Crippen molar-refractivity contribution in [2.24, 2.45) is 0 Å². The SMILES string of the molecule is COc1ccc(-c2nc3cc(C(C)C)ccc3o2)cc1NC(=S)NC(=O)c1cc([N+](=O)[O-])ccc1N1CCOCC1. The average Bonchev–Trinajstić information content (AvgIpc) is 3.41. The zero-order valence-electron chi connectivity index (χ0n) is 22.8. The zero-order valence-corrected chi connectivity index (χ0v) is 23.6. The van der Waals surface area contributed by atoms with Gasteiger partial charge in [0.1, 0.15) is 11.3 Å². The molecule has 12 heteroatoms. The van der Waals surface area contributed by atoms with Crippen molar-refractivity contribution in [3.05, 3.63) is 75.8 Å². The number of carbonyl (C=O) groups excluding carboxylic acids is 1. The van der Waals surface area contributed by atoms with Gasteiger partial charge >= 0.3 is 0 Å². The van der Waals surface area contributed by atoms with Crippen LogP contribution in [-0.2, 0) is 4.74 Å². The molecule has 1 aromatic heterocycles. The number of amides is 1. The van der Waals surface area contributed by atoms with Gasteiger partial charge in [0.05, 0.1) is 42.2 Å². The van der Waals surface area contributed by atoms with Gasteiger partial charge in [0.2, 0.25) is 5.89 Å². The van der Waals surface area contributed by atoms with E-state index in [1.165, 1.54) is 19.2 Å². The quantitative estimate of drug-likeness (QED) is 0.165. The molecule has 1 aliphatic heterocycles. The van der Waals surface area contributed by atoms with E-state index < -0.39 is 10.8 Å². The van der Waals surface area contributed by atoms with Crippen molar-refractivity contribution < 1.29 is 23.6 Å². The van der Waals surface area contributed by atoms with Gasteiger partial charge in [-0.2, -0.15) is 0 Å². The van der Waals surface area contributed by atoms with Crippen LogP contribution in [0.2, 0.25) is 0 Å². The van der Waals surface area contributed by atoms with E-state index in [4.69, 9.17) is 26.1 Å². The number of nitrogens with zero attached hydrogens (tertiary/aromatic N) is 3. The third kappa shape index (κ3) is 6.13. The number of nitro benzene ring substituents is 1. The van der Waals surface area contributed by atoms with Gasteiger partial charge in [-0.05, 0) is 60.1 Å². The van der Waals surface area contributed by atoms with Crippen LogP contribution < -0.4 is 20.3 Å². The molecule has 0 atom stereocenters. The third-order valence-electron chi connectivity index (χ3n) is 6.79. The summed E-state index contributed by atoms with van der Waals surface area (Å²) in [7, 11) is 1.52. The minimum Gasteiger partial charge on any atom is -0.495 e. The number of benzene rings is 3. The van der Waals surface area contributed by atoms with E-state index >= 15 is 0 Å². The van der Waals surface area contributed by atoms with Crippen LogP contribution in [0, 0.1) is 10.1 Å². The molecule has 5 rings (SSSR count). The Morgan fingerprint density at radius 1 is 1.12 bits per heavy atom. The Labute approximate surface area is 241 Å². The van der Waals surface area contributed by atoms with Gasteiger partial charge in [0, 0.05) is 30.8 Å². The molecule has 0 unspecified atom stereocenters. The molecule has 11 nitrogen and oxygen atoms in total. The fourth-order valence-electron chi connectivity index (χ4n) is 4.59. The molecule has 0 radical (unpaired) electrons. The van der Waals surface area contributed by atoms with Gasteiger partial charge in [0.15, 0.2) is 10.7 Å². The summed E-state index contributed by atoms with van der Waals surface area (Å²) in [5.74, 6) is 0.684. The van der Waals surface area contributed by atoms with Crippen LogP contribution in [0.15, 0.2) is 59.0 Å². The Bertz CT molecular complexity index is 1630. The van der Waals surface area contributed by atoms with E-state index in [9.17, 15) is 14.9 Å². The number of nitrogens with one attached hydrogen (secondary N) is 2. The normalized spacial score (nSPS) is 13.3. The van der Waals surface area contributed by atoms with Crippen LogP contribution in [0.1, 0.15) is 35.7 Å². The predicted molar refractivity (Wildman–Crippen MR) is 160 cm³/mol. The van der Waals surface area contributed by atoms with Crippen LogP contribution in [0.3, 0.4) is 0 Å². The van der Waals surface area contributed by atoms with Crippen LogP contribution in [-0.4, -0.2) is 54.3 Å². The first kappa shape index (κ1) is 28.0. The maximum absolute atomic E-state index is 13.3. The number of hydrogen-bond acceptors (Lipinski definition) is 9. The maximum Gasteiger partial charge on any atom is 0.270 e. The molecular formula is C29H29N5O6S. The van der Waals surface area contributed by atoms with E-state index in [0.29, 0.717) is 66.4 Å². The first-order valence-electron chi connectivity index (χ1n) is 13.1. The van der Waals surface area contributed by atoms with Crippen LogP contribution >= 0.6 is 12.2 Å². The van der Waals surface area contributed by atoms with Gasteiger partial charge in [-0.25, -0.2) is 4.98 Å². The Balaban J connectivity index is 1.38. The number of thiocarbonyl (C=S) groups is 1. The van der Waals surface area contributed by atoms with Gasteiger partial charge < -0.3 is 24.1 Å². The summed E-state index contributed by atoms with van der Waals surface area (Å²) >= 11 is 5.45. The second kappa shape index (κ2) is 11.9. The minimum atomic E-state index is -0.581. The molecule has 1 saturated heterocycles. The van der Waals surface area contributed by atoms with Gasteiger partial charge in [-0.3, -0.25) is 20.2 Å². The van der Waals surface area contributed by atoms with Crippen molar-refractivity contribution in [1.82, 2.24) is 10.3 Å². The van der Waals surface area contributed by atoms with E-state index in [1.54, 1.807) is 18.2 Å². The Morgan fingerprint density at radius 2 is 1.90 bits per heavy atom. The van der Waals surface area contributed by atoms with Gasteiger partial charge in [-0.1, -0.05) is 19.9 Å². The summed E-state index contributed by atoms with van der Waals surface area (Å²) in [5, 5.41) is 17.1. The molecule has 212 valence electrons. The molecule has 0 spiro atoms. The molecule has 2 N–H and O–H groups in total. The van der Waals surface area contributed by atoms with Gasteiger partial charge in [-0.15, -0.1) is 0 Å². The number of methoxy groups -OCH3 is 1. The maximum atomic E-state index is 13.3. The van der Waals surface area contributed by atoms with Crippen molar-refractivity contribution in [3.8, 4) is 17.2 Å². The summed E-state index contributed by atoms with van der Waals surface area (Å²) in [6, 6.07) is 15.5. The number of morpholine rings is 1. The lowest BCUT2D eigenvalue weighted by Crippen LogP contribution is -2.39. The molecule has 41 heavy (non-hydrogen) atoms. The number of rotatable bonds is 7. The highest BCUT2D eigenvalue weighted by molar-refractivity contribution is 7.80. The lowest BCUT2D eigenvalue weighted by molar-refractivity contribution is -0.384. The zero-order chi connectivity index (χ0) is 29.1. The largest absolute Gasteiger partial charge is 0.495 e. The number of fused-ring (bicyclic) bond motifs is 1. The van der Waals surface area contributed by atoms with Crippen molar-refractivity contribution in [1.29, 1.82) is 0 Å². The summed E-state index contributed by atoms with van der Waals surface area (Å²) in [4.78, 5) is 30.8. The Kier molecular flexibility index (Phi) is 8.13. The molecule has 0 bridgehead atoms. The number of hydrogen-bond donors (Lipinski definition) is 2. The van der Waals surface area contributed by atoms with Crippen molar-refractivity contribution in [2.75, 3.05) is 43.6 Å². The van der Waals surface area contributed by atoms with Crippen molar-refractivity contribution >= 4 is 51.4 Å². The van der Waals surface area contributed by atoms with E-state index in [0.717, 1.165) is 11.1 Å². The summed E-state index contributed by atoms with van der Waals surface area (Å²) in [5.41, 5.74) is 4.26. The van der Waals surface area contributed by atoms with Crippen LogP contribution in [0.25, 0.3) is 22.6 Å². The third-order valence-corrected chi connectivity index (χ3v) is 6.99. The summed E-state index contributed by atoms with van der Waals surface area (Å²) in [6.45, 7) is 6.33. The average molecular weight is 576 g/mol. The number of non-ortho nitro benzene ring substituents is 1. The predicted octanol–water partition coefficient (Wildman–Crippen LogP) is 5.50. The molecule has 1 amide bonds. The number of aromatic nitrogens is 1. The smallest absolute Gasteiger partial charge is 0.270 e. The Hall–Kier alpha value is -4.55. The number of carbonyl (C=O) groups is 1. The number of anilines is 2. The summed E-state index contributed by atoms with van der Waals surface area (Å²) < 4.78 is 16.9. The molecule has 4 aromatic rings. The monoisotopic (exact) mass is 575 g/mol. The topological polar surface area (TPSA) is 132 Å². The first-order chi connectivity index (χ1) is 19.7. The lowest BCUT2D eigenvalue weighted by atomic mass is 10.0. The Morgan fingerprint density at radius 3 is 2.61 bits per heavy atom. The first-order valence-corrected chi connectivity index (χ1v) is 13.5. The molecule has 3 aromatic carbocycles. The van der Waals surface area contributed by atoms with E-state index in [2.05, 4.69) is 29.5 Å². The summed E-state index contributed by atoms with van der Waals surface area (Å²) in [6.07, 6.45) is 0. The van der Waals surface area contributed by atoms with Crippen LogP contribution in [0.5, 0.6) is 5.75 Å². The molecular weight excluding hydrogens is 546 g/mol.